The third kappa shape index (κ3) is 3.83. The van der Waals surface area contributed by atoms with Crippen LogP contribution in [0.4, 0.5) is 4.39 Å². The number of hydrogen-bond donors (Lipinski definition) is 1. The highest BCUT2D eigenvalue weighted by molar-refractivity contribution is 5.92. The molecule has 0 saturated carbocycles. The van der Waals surface area contributed by atoms with Crippen molar-refractivity contribution >= 4 is 5.91 Å². The molecular formula is C19H24FN3O2. The van der Waals surface area contributed by atoms with Gasteiger partial charge in [-0.1, -0.05) is 13.3 Å². The summed E-state index contributed by atoms with van der Waals surface area (Å²) in [4.78, 5) is 16.6. The molecule has 1 aromatic carbocycles. The van der Waals surface area contributed by atoms with E-state index in [0.29, 0.717) is 24.5 Å². The van der Waals surface area contributed by atoms with E-state index in [2.05, 4.69) is 17.2 Å². The smallest absolute Gasteiger partial charge is 0.271 e. The van der Waals surface area contributed by atoms with Crippen LogP contribution >= 0.6 is 0 Å². The van der Waals surface area contributed by atoms with Gasteiger partial charge in [0.25, 0.3) is 5.91 Å². The fraction of sp³-hybridized carbons (Fsp3) is 0.474. The van der Waals surface area contributed by atoms with E-state index in [0.717, 1.165) is 37.1 Å². The number of benzene rings is 1. The number of methoxy groups -OCH3 is 1. The molecule has 0 saturated heterocycles. The summed E-state index contributed by atoms with van der Waals surface area (Å²) >= 11 is 0. The summed E-state index contributed by atoms with van der Waals surface area (Å²) in [5.41, 5.74) is 1.33. The number of aromatic nitrogens is 2. The molecule has 3 rings (SSSR count). The maximum absolute atomic E-state index is 13.7. The van der Waals surface area contributed by atoms with Crippen molar-refractivity contribution in [2.45, 2.75) is 45.1 Å². The summed E-state index contributed by atoms with van der Waals surface area (Å²) in [5, 5.41) is 2.89. The molecule has 134 valence electrons. The summed E-state index contributed by atoms with van der Waals surface area (Å²) in [6, 6.07) is 4.62. The van der Waals surface area contributed by atoms with Gasteiger partial charge in [0.2, 0.25) is 0 Å². The Morgan fingerprint density at radius 3 is 3.08 bits per heavy atom. The van der Waals surface area contributed by atoms with Gasteiger partial charge < -0.3 is 14.6 Å². The lowest BCUT2D eigenvalue weighted by atomic mass is 9.91. The summed E-state index contributed by atoms with van der Waals surface area (Å²) in [6.07, 6.45) is 5.41. The molecule has 1 aliphatic rings. The number of imidazole rings is 1. The number of aryl methyl sites for hydroxylation is 1. The Bertz CT molecular complexity index is 757. The first kappa shape index (κ1) is 17.5. The Morgan fingerprint density at radius 1 is 1.48 bits per heavy atom. The van der Waals surface area contributed by atoms with E-state index in [9.17, 15) is 9.18 Å². The van der Waals surface area contributed by atoms with Crippen molar-refractivity contribution in [3.8, 4) is 5.75 Å². The number of carbonyl (C=O) groups is 1. The zero-order valence-electron chi connectivity index (χ0n) is 14.7. The van der Waals surface area contributed by atoms with Crippen LogP contribution in [0.3, 0.4) is 0 Å². The van der Waals surface area contributed by atoms with E-state index in [4.69, 9.17) is 4.74 Å². The molecule has 1 amide bonds. The number of rotatable bonds is 6. The average molecular weight is 345 g/mol. The van der Waals surface area contributed by atoms with Crippen LogP contribution in [0.15, 0.2) is 24.4 Å². The van der Waals surface area contributed by atoms with Crippen molar-refractivity contribution in [2.75, 3.05) is 13.7 Å². The molecule has 0 bridgehead atoms. The van der Waals surface area contributed by atoms with Crippen LogP contribution in [-0.4, -0.2) is 29.1 Å². The van der Waals surface area contributed by atoms with Crippen molar-refractivity contribution in [1.82, 2.24) is 14.9 Å². The van der Waals surface area contributed by atoms with Gasteiger partial charge in [-0.25, -0.2) is 9.37 Å². The van der Waals surface area contributed by atoms with E-state index in [1.165, 1.54) is 6.07 Å². The summed E-state index contributed by atoms with van der Waals surface area (Å²) in [5.74, 6) is 1.36. The number of nitrogens with one attached hydrogen (secondary N) is 1. The number of hydrogen-bond acceptors (Lipinski definition) is 3. The van der Waals surface area contributed by atoms with Gasteiger partial charge in [0.1, 0.15) is 23.1 Å². The first-order valence-corrected chi connectivity index (χ1v) is 8.80. The SMILES string of the molecule is CCCCNC(=O)c1cn2c(n1)CCC(c1cc(F)ccc1OC)C2. The molecule has 1 atom stereocenters. The fourth-order valence-corrected chi connectivity index (χ4v) is 3.30. The van der Waals surface area contributed by atoms with Gasteiger partial charge >= 0.3 is 0 Å². The molecule has 25 heavy (non-hydrogen) atoms. The summed E-state index contributed by atoms with van der Waals surface area (Å²) in [7, 11) is 1.60. The molecule has 2 aromatic rings. The van der Waals surface area contributed by atoms with E-state index >= 15 is 0 Å². The van der Waals surface area contributed by atoms with Gasteiger partial charge in [-0.05, 0) is 31.0 Å². The minimum absolute atomic E-state index is 0.129. The van der Waals surface area contributed by atoms with Crippen molar-refractivity contribution in [2.24, 2.45) is 0 Å². The molecule has 6 heteroatoms. The van der Waals surface area contributed by atoms with Crippen molar-refractivity contribution < 1.29 is 13.9 Å². The first-order valence-electron chi connectivity index (χ1n) is 8.80. The molecule has 1 aromatic heterocycles. The molecule has 0 radical (unpaired) electrons. The van der Waals surface area contributed by atoms with Crippen LogP contribution in [0.2, 0.25) is 0 Å². The Labute approximate surface area is 147 Å². The molecule has 5 nitrogen and oxygen atoms in total. The number of nitrogens with zero attached hydrogens (tertiary/aromatic N) is 2. The van der Waals surface area contributed by atoms with Crippen LogP contribution in [0, 0.1) is 5.82 Å². The minimum Gasteiger partial charge on any atom is -0.496 e. The van der Waals surface area contributed by atoms with Crippen LogP contribution in [-0.2, 0) is 13.0 Å². The van der Waals surface area contributed by atoms with Crippen molar-refractivity contribution in [3.05, 3.63) is 47.3 Å². The molecule has 1 N–H and O–H groups in total. The second-order valence-corrected chi connectivity index (χ2v) is 6.43. The van der Waals surface area contributed by atoms with E-state index in [1.807, 2.05) is 4.57 Å². The molecule has 1 unspecified atom stereocenters. The topological polar surface area (TPSA) is 56.2 Å². The predicted molar refractivity (Wildman–Crippen MR) is 93.5 cm³/mol. The second kappa shape index (κ2) is 7.68. The number of unbranched alkanes of at least 4 members (excludes halogenated alkanes) is 1. The van der Waals surface area contributed by atoms with Gasteiger partial charge in [0.05, 0.1) is 7.11 Å². The Hall–Kier alpha value is -2.37. The molecule has 2 heterocycles. The monoisotopic (exact) mass is 345 g/mol. The normalized spacial score (nSPS) is 16.4. The maximum atomic E-state index is 13.7. The quantitative estimate of drug-likeness (QED) is 0.818. The van der Waals surface area contributed by atoms with Gasteiger partial charge in [-0.3, -0.25) is 4.79 Å². The lowest BCUT2D eigenvalue weighted by molar-refractivity contribution is 0.0948. The van der Waals surface area contributed by atoms with Crippen LogP contribution in [0.1, 0.15) is 54.0 Å². The minimum atomic E-state index is -0.261. The van der Waals surface area contributed by atoms with Gasteiger partial charge in [0, 0.05) is 37.2 Å². The number of amides is 1. The molecule has 0 spiro atoms. The van der Waals surface area contributed by atoms with Gasteiger partial charge in [-0.2, -0.15) is 0 Å². The third-order valence-corrected chi connectivity index (χ3v) is 4.67. The zero-order chi connectivity index (χ0) is 17.8. The van der Waals surface area contributed by atoms with Gasteiger partial charge in [0.15, 0.2) is 0 Å². The van der Waals surface area contributed by atoms with Crippen LogP contribution < -0.4 is 10.1 Å². The second-order valence-electron chi connectivity index (χ2n) is 6.43. The van der Waals surface area contributed by atoms with Crippen LogP contribution in [0.25, 0.3) is 0 Å². The van der Waals surface area contributed by atoms with Crippen molar-refractivity contribution in [1.29, 1.82) is 0 Å². The molecule has 0 aliphatic carbocycles. The summed E-state index contributed by atoms with van der Waals surface area (Å²) < 4.78 is 21.1. The largest absolute Gasteiger partial charge is 0.496 e. The first-order chi connectivity index (χ1) is 12.1. The lowest BCUT2D eigenvalue weighted by Gasteiger charge is -2.25. The zero-order valence-corrected chi connectivity index (χ0v) is 14.7. The van der Waals surface area contributed by atoms with Crippen molar-refractivity contribution in [3.63, 3.8) is 0 Å². The standard InChI is InChI=1S/C19H24FN3O2/c1-3-4-9-21-19(24)16-12-23-11-13(5-8-18(23)22-16)15-10-14(20)6-7-17(15)25-2/h6-7,10,12-13H,3-5,8-9,11H2,1-2H3,(H,21,24). The van der Waals surface area contributed by atoms with Crippen LogP contribution in [0.5, 0.6) is 5.75 Å². The van der Waals surface area contributed by atoms with Gasteiger partial charge in [-0.15, -0.1) is 0 Å². The van der Waals surface area contributed by atoms with E-state index in [1.54, 1.807) is 25.4 Å². The Balaban J connectivity index is 1.76. The highest BCUT2D eigenvalue weighted by atomic mass is 19.1. The average Bonchev–Trinajstić information content (AvgIpc) is 3.05. The molecule has 0 fully saturated rings. The molecule has 1 aliphatic heterocycles. The predicted octanol–water partition coefficient (Wildman–Crippen LogP) is 3.29. The number of ether oxygens (including phenoxy) is 1. The van der Waals surface area contributed by atoms with E-state index < -0.39 is 0 Å². The third-order valence-electron chi connectivity index (χ3n) is 4.67. The Kier molecular flexibility index (Phi) is 5.36. The Morgan fingerprint density at radius 2 is 2.32 bits per heavy atom. The number of halogens is 1. The summed E-state index contributed by atoms with van der Waals surface area (Å²) in [6.45, 7) is 3.42. The number of fused-ring (bicyclic) bond motifs is 1. The fourth-order valence-electron chi connectivity index (χ4n) is 3.30. The lowest BCUT2D eigenvalue weighted by Crippen LogP contribution is -2.24. The van der Waals surface area contributed by atoms with E-state index in [-0.39, 0.29) is 17.6 Å². The number of carbonyl (C=O) groups excluding carboxylic acids is 1. The molecular weight excluding hydrogens is 321 g/mol. The highest BCUT2D eigenvalue weighted by Gasteiger charge is 2.25. The highest BCUT2D eigenvalue weighted by Crippen LogP contribution is 2.34. The maximum Gasteiger partial charge on any atom is 0.271 e.